The topological polar surface area (TPSA) is 44.5 Å². The lowest BCUT2D eigenvalue weighted by Gasteiger charge is -2.14. The van der Waals surface area contributed by atoms with Crippen LogP contribution in [0.2, 0.25) is 5.02 Å². The van der Waals surface area contributed by atoms with E-state index < -0.39 is 0 Å². The number of nitrogens with two attached hydrogens (primary N) is 1. The molecule has 0 saturated carbocycles. The van der Waals surface area contributed by atoms with Gasteiger partial charge in [-0.25, -0.2) is 0 Å². The van der Waals surface area contributed by atoms with E-state index in [0.717, 1.165) is 16.7 Å². The first-order valence-electron chi connectivity index (χ1n) is 6.82. The summed E-state index contributed by atoms with van der Waals surface area (Å²) in [6.07, 6.45) is 0. The van der Waals surface area contributed by atoms with E-state index in [-0.39, 0.29) is 6.04 Å². The summed E-state index contributed by atoms with van der Waals surface area (Å²) in [5.41, 5.74) is 8.95. The Morgan fingerprint density at radius 3 is 2.52 bits per heavy atom. The molecule has 2 N–H and O–H groups in total. The van der Waals surface area contributed by atoms with Gasteiger partial charge in [-0.05, 0) is 43.2 Å². The Balaban J connectivity index is 2.16. The molecule has 4 heteroatoms. The molecular formula is C17H20ClNO2. The van der Waals surface area contributed by atoms with Crippen LogP contribution in [0.25, 0.3) is 0 Å². The van der Waals surface area contributed by atoms with Gasteiger partial charge in [0.25, 0.3) is 0 Å². The molecule has 0 amide bonds. The summed E-state index contributed by atoms with van der Waals surface area (Å²) < 4.78 is 11.2. The van der Waals surface area contributed by atoms with Crippen molar-refractivity contribution in [2.75, 3.05) is 7.11 Å². The maximum absolute atomic E-state index is 6.21. The van der Waals surface area contributed by atoms with Crippen molar-refractivity contribution in [3.63, 3.8) is 0 Å². The highest BCUT2D eigenvalue weighted by molar-refractivity contribution is 6.31. The largest absolute Gasteiger partial charge is 0.493 e. The first-order chi connectivity index (χ1) is 10.0. The number of ether oxygens (including phenoxy) is 2. The van der Waals surface area contributed by atoms with E-state index in [0.29, 0.717) is 23.1 Å². The fraction of sp³-hybridized carbons (Fsp3) is 0.294. The number of halogens is 1. The van der Waals surface area contributed by atoms with E-state index in [9.17, 15) is 0 Å². The molecule has 0 bridgehead atoms. The molecular weight excluding hydrogens is 286 g/mol. The number of benzene rings is 2. The van der Waals surface area contributed by atoms with Crippen LogP contribution in [0, 0.1) is 6.92 Å². The van der Waals surface area contributed by atoms with E-state index in [1.54, 1.807) is 7.11 Å². The van der Waals surface area contributed by atoms with Gasteiger partial charge in [-0.3, -0.25) is 0 Å². The van der Waals surface area contributed by atoms with Gasteiger partial charge >= 0.3 is 0 Å². The zero-order chi connectivity index (χ0) is 15.4. The Hall–Kier alpha value is -1.71. The summed E-state index contributed by atoms with van der Waals surface area (Å²) in [6.45, 7) is 4.33. The summed E-state index contributed by atoms with van der Waals surface area (Å²) in [5, 5.41) is 0.709. The number of rotatable bonds is 5. The second kappa shape index (κ2) is 6.83. The van der Waals surface area contributed by atoms with Crippen LogP contribution in [0.15, 0.2) is 36.4 Å². The molecule has 0 unspecified atom stereocenters. The molecule has 21 heavy (non-hydrogen) atoms. The summed E-state index contributed by atoms with van der Waals surface area (Å²) >= 11 is 6.21. The highest BCUT2D eigenvalue weighted by atomic mass is 35.5. The van der Waals surface area contributed by atoms with Gasteiger partial charge in [0.15, 0.2) is 11.5 Å². The van der Waals surface area contributed by atoms with Gasteiger partial charge in [0.1, 0.15) is 6.61 Å². The average molecular weight is 306 g/mol. The van der Waals surface area contributed by atoms with Gasteiger partial charge in [0.2, 0.25) is 0 Å². The minimum atomic E-state index is -0.0421. The summed E-state index contributed by atoms with van der Waals surface area (Å²) in [7, 11) is 1.62. The predicted molar refractivity (Wildman–Crippen MR) is 86.1 cm³/mol. The van der Waals surface area contributed by atoms with Crippen LogP contribution in [0.3, 0.4) is 0 Å². The van der Waals surface area contributed by atoms with Crippen molar-refractivity contribution in [3.8, 4) is 11.5 Å². The summed E-state index contributed by atoms with van der Waals surface area (Å²) in [4.78, 5) is 0. The molecule has 0 aliphatic heterocycles. The van der Waals surface area contributed by atoms with Crippen molar-refractivity contribution in [1.82, 2.24) is 0 Å². The molecule has 1 atom stereocenters. The normalized spacial score (nSPS) is 12.0. The molecule has 0 aliphatic carbocycles. The molecule has 112 valence electrons. The maximum atomic E-state index is 6.21. The van der Waals surface area contributed by atoms with Gasteiger partial charge < -0.3 is 15.2 Å². The number of hydrogen-bond donors (Lipinski definition) is 1. The maximum Gasteiger partial charge on any atom is 0.161 e. The fourth-order valence-electron chi connectivity index (χ4n) is 2.01. The lowest BCUT2D eigenvalue weighted by molar-refractivity contribution is 0.284. The van der Waals surface area contributed by atoms with E-state index in [1.165, 1.54) is 0 Å². The van der Waals surface area contributed by atoms with Gasteiger partial charge in [-0.1, -0.05) is 29.8 Å². The third kappa shape index (κ3) is 3.90. The second-order valence-corrected chi connectivity index (χ2v) is 5.49. The Bertz CT molecular complexity index is 626. The van der Waals surface area contributed by atoms with Crippen LogP contribution in [0.4, 0.5) is 0 Å². The SMILES string of the molecule is COc1cc([C@@H](C)N)ccc1OCc1ccc(C)cc1Cl. The van der Waals surface area contributed by atoms with Crippen LogP contribution in [0.5, 0.6) is 11.5 Å². The molecule has 0 spiro atoms. The minimum absolute atomic E-state index is 0.0421. The van der Waals surface area contributed by atoms with Crippen molar-refractivity contribution in [2.24, 2.45) is 5.73 Å². The molecule has 0 heterocycles. The Labute approximate surface area is 130 Å². The third-order valence-electron chi connectivity index (χ3n) is 3.31. The first-order valence-corrected chi connectivity index (χ1v) is 7.20. The van der Waals surface area contributed by atoms with Crippen LogP contribution in [0.1, 0.15) is 29.7 Å². The third-order valence-corrected chi connectivity index (χ3v) is 3.66. The van der Waals surface area contributed by atoms with Gasteiger partial charge in [0, 0.05) is 16.6 Å². The number of hydrogen-bond acceptors (Lipinski definition) is 3. The molecule has 0 saturated heterocycles. The lowest BCUT2D eigenvalue weighted by Crippen LogP contribution is -2.06. The molecule has 0 fully saturated rings. The Kier molecular flexibility index (Phi) is 5.10. The van der Waals surface area contributed by atoms with Crippen molar-refractivity contribution in [3.05, 3.63) is 58.1 Å². The molecule has 0 aromatic heterocycles. The quantitative estimate of drug-likeness (QED) is 0.898. The van der Waals surface area contributed by atoms with E-state index >= 15 is 0 Å². The number of aryl methyl sites for hydroxylation is 1. The fourth-order valence-corrected chi connectivity index (χ4v) is 2.30. The van der Waals surface area contributed by atoms with Crippen LogP contribution >= 0.6 is 11.6 Å². The highest BCUT2D eigenvalue weighted by Gasteiger charge is 2.09. The van der Waals surface area contributed by atoms with Crippen molar-refractivity contribution in [1.29, 1.82) is 0 Å². The molecule has 0 aliphatic rings. The average Bonchev–Trinajstić information content (AvgIpc) is 2.46. The van der Waals surface area contributed by atoms with Crippen LogP contribution < -0.4 is 15.2 Å². The van der Waals surface area contributed by atoms with E-state index in [4.69, 9.17) is 26.8 Å². The first kappa shape index (κ1) is 15.7. The zero-order valence-corrected chi connectivity index (χ0v) is 13.3. The second-order valence-electron chi connectivity index (χ2n) is 5.08. The lowest BCUT2D eigenvalue weighted by atomic mass is 10.1. The number of methoxy groups -OCH3 is 1. The van der Waals surface area contributed by atoms with Gasteiger partial charge in [-0.2, -0.15) is 0 Å². The molecule has 0 radical (unpaired) electrons. The summed E-state index contributed by atoms with van der Waals surface area (Å²) in [5.74, 6) is 1.35. The van der Waals surface area contributed by atoms with Crippen molar-refractivity contribution in [2.45, 2.75) is 26.5 Å². The smallest absolute Gasteiger partial charge is 0.161 e. The van der Waals surface area contributed by atoms with Crippen LogP contribution in [-0.4, -0.2) is 7.11 Å². The highest BCUT2D eigenvalue weighted by Crippen LogP contribution is 2.31. The Morgan fingerprint density at radius 2 is 1.90 bits per heavy atom. The predicted octanol–water partition coefficient (Wildman–Crippen LogP) is 4.26. The van der Waals surface area contributed by atoms with Crippen molar-refractivity contribution < 1.29 is 9.47 Å². The summed E-state index contributed by atoms with van der Waals surface area (Å²) in [6, 6.07) is 11.6. The Morgan fingerprint density at radius 1 is 1.14 bits per heavy atom. The zero-order valence-electron chi connectivity index (χ0n) is 12.5. The van der Waals surface area contributed by atoms with Gasteiger partial charge in [0.05, 0.1) is 7.11 Å². The van der Waals surface area contributed by atoms with Gasteiger partial charge in [-0.15, -0.1) is 0 Å². The standard InChI is InChI=1S/C17H20ClNO2/c1-11-4-5-14(15(18)8-11)10-21-16-7-6-13(12(2)19)9-17(16)20-3/h4-9,12H,10,19H2,1-3H3/t12-/m1/s1. The molecule has 3 nitrogen and oxygen atoms in total. The van der Waals surface area contributed by atoms with E-state index in [2.05, 4.69) is 0 Å². The van der Waals surface area contributed by atoms with Crippen LogP contribution in [-0.2, 0) is 6.61 Å². The molecule has 2 rings (SSSR count). The van der Waals surface area contributed by atoms with Crippen molar-refractivity contribution >= 4 is 11.6 Å². The molecule has 2 aromatic carbocycles. The monoisotopic (exact) mass is 305 g/mol. The van der Waals surface area contributed by atoms with E-state index in [1.807, 2.05) is 50.2 Å². The minimum Gasteiger partial charge on any atom is -0.493 e. The molecule has 2 aromatic rings.